The van der Waals surface area contributed by atoms with Crippen LogP contribution in [0.2, 0.25) is 0 Å². The molecule has 122 valence electrons. The summed E-state index contributed by atoms with van der Waals surface area (Å²) in [6, 6.07) is 6.45. The summed E-state index contributed by atoms with van der Waals surface area (Å²) < 4.78 is 13.1. The molecule has 2 unspecified atom stereocenters. The molecule has 1 heterocycles. The van der Waals surface area contributed by atoms with Crippen molar-refractivity contribution in [1.29, 1.82) is 0 Å². The van der Waals surface area contributed by atoms with Gasteiger partial charge in [-0.25, -0.2) is 4.39 Å². The summed E-state index contributed by atoms with van der Waals surface area (Å²) in [5.74, 6) is 0.754. The van der Waals surface area contributed by atoms with E-state index in [1.54, 1.807) is 23.9 Å². The molecule has 3 nitrogen and oxygen atoms in total. The highest BCUT2D eigenvalue weighted by Crippen LogP contribution is 2.41. The van der Waals surface area contributed by atoms with Crippen LogP contribution in [0, 0.1) is 11.7 Å². The average Bonchev–Trinajstić information content (AvgIpc) is 2.82. The van der Waals surface area contributed by atoms with Crippen molar-refractivity contribution in [3.05, 3.63) is 58.7 Å². The summed E-state index contributed by atoms with van der Waals surface area (Å²) in [5.41, 5.74) is 10.2. The minimum absolute atomic E-state index is 0.0331. The summed E-state index contributed by atoms with van der Waals surface area (Å²) in [5, 5.41) is 0.0331. The van der Waals surface area contributed by atoms with Gasteiger partial charge in [0, 0.05) is 17.9 Å². The summed E-state index contributed by atoms with van der Waals surface area (Å²) in [7, 11) is 0. The second-order valence-electron chi connectivity index (χ2n) is 6.01. The molecule has 1 saturated heterocycles. The van der Waals surface area contributed by atoms with Gasteiger partial charge in [-0.15, -0.1) is 0 Å². The van der Waals surface area contributed by atoms with Crippen molar-refractivity contribution >= 4 is 17.5 Å². The van der Waals surface area contributed by atoms with Gasteiger partial charge in [0.05, 0.1) is 17.7 Å². The quantitative estimate of drug-likeness (QED) is 0.920. The van der Waals surface area contributed by atoms with Gasteiger partial charge in [0.2, 0.25) is 0 Å². The van der Waals surface area contributed by atoms with E-state index in [9.17, 15) is 9.18 Å². The molecule has 2 aliphatic rings. The van der Waals surface area contributed by atoms with Crippen molar-refractivity contribution in [2.75, 3.05) is 12.3 Å². The van der Waals surface area contributed by atoms with Gasteiger partial charge in [-0.2, -0.15) is 11.8 Å². The molecule has 0 aromatic heterocycles. The third-order valence-corrected chi connectivity index (χ3v) is 5.66. The number of ketones is 1. The number of carbonyl (C=O) groups excluding carboxylic acids is 1. The van der Waals surface area contributed by atoms with E-state index < -0.39 is 0 Å². The number of nitrogens with zero attached hydrogens (tertiary/aromatic N) is 1. The second-order valence-corrected chi connectivity index (χ2v) is 7.43. The highest BCUT2D eigenvalue weighted by Gasteiger charge is 2.43. The highest BCUT2D eigenvalue weighted by atomic mass is 32.2. The normalized spacial score (nSPS) is 24.0. The molecule has 2 N–H and O–H groups in total. The number of hydrogen-bond donors (Lipinski definition) is 1. The zero-order valence-corrected chi connectivity index (χ0v) is 14.2. The number of benzene rings is 1. The number of allylic oxidation sites excluding steroid dienone is 3. The fraction of sp³-hybridized carbons (Fsp3) is 0.389. The first-order valence-electron chi connectivity index (χ1n) is 7.82. The standard InChI is InChI=1S/C18H21FN2OS/c1-3-23-18-16-14(8-11(2)17(18)20)21(10-15(16)22)9-12-4-6-13(19)7-5-12/h4-8,16,18H,3,9-10,20H2,1-2H3. The molecule has 1 aliphatic carbocycles. The molecule has 0 saturated carbocycles. The summed E-state index contributed by atoms with van der Waals surface area (Å²) in [4.78, 5) is 14.7. The van der Waals surface area contributed by atoms with Gasteiger partial charge in [-0.05, 0) is 42.0 Å². The number of thioether (sulfide) groups is 1. The maximum absolute atomic E-state index is 13.1. The Balaban J connectivity index is 1.89. The SMILES string of the molecule is CCSC1C(N)=C(C)C=C2C1C(=O)CN2Cc1ccc(F)cc1. The minimum Gasteiger partial charge on any atom is -0.401 e. The smallest absolute Gasteiger partial charge is 0.162 e. The Morgan fingerprint density at radius 3 is 2.70 bits per heavy atom. The van der Waals surface area contributed by atoms with Crippen LogP contribution >= 0.6 is 11.8 Å². The molecule has 3 rings (SSSR count). The Morgan fingerprint density at radius 1 is 1.35 bits per heavy atom. The first kappa shape index (κ1) is 16.1. The zero-order chi connectivity index (χ0) is 16.6. The molecule has 23 heavy (non-hydrogen) atoms. The third-order valence-electron chi connectivity index (χ3n) is 4.44. The lowest BCUT2D eigenvalue weighted by atomic mass is 9.90. The summed E-state index contributed by atoms with van der Waals surface area (Å²) in [6.07, 6.45) is 2.04. The minimum atomic E-state index is -0.244. The number of Topliss-reactive ketones (excluding diaryl/α,β-unsaturated/α-hetero) is 1. The molecule has 2 atom stereocenters. The summed E-state index contributed by atoms with van der Waals surface area (Å²) in [6.45, 7) is 5.10. The first-order chi connectivity index (χ1) is 11.0. The molecule has 0 radical (unpaired) electrons. The predicted octanol–water partition coefficient (Wildman–Crippen LogP) is 3.08. The van der Waals surface area contributed by atoms with E-state index in [4.69, 9.17) is 5.73 Å². The monoisotopic (exact) mass is 332 g/mol. The fourth-order valence-electron chi connectivity index (χ4n) is 3.28. The Hall–Kier alpha value is -1.75. The Morgan fingerprint density at radius 2 is 2.04 bits per heavy atom. The number of rotatable bonds is 4. The molecule has 1 aromatic rings. The average molecular weight is 332 g/mol. The van der Waals surface area contributed by atoms with Crippen molar-refractivity contribution in [2.45, 2.75) is 25.6 Å². The number of hydrogen-bond acceptors (Lipinski definition) is 4. The highest BCUT2D eigenvalue weighted by molar-refractivity contribution is 8.00. The number of carbonyl (C=O) groups is 1. The molecule has 1 aliphatic heterocycles. The van der Waals surface area contributed by atoms with Crippen LogP contribution in [0.3, 0.4) is 0 Å². The van der Waals surface area contributed by atoms with E-state index in [-0.39, 0.29) is 22.8 Å². The Kier molecular flexibility index (Phi) is 4.48. The molecule has 0 spiro atoms. The van der Waals surface area contributed by atoms with Gasteiger partial charge in [0.1, 0.15) is 5.82 Å². The maximum atomic E-state index is 13.1. The number of fused-ring (bicyclic) bond motifs is 1. The molecule has 1 aromatic carbocycles. The van der Waals surface area contributed by atoms with Crippen molar-refractivity contribution in [2.24, 2.45) is 11.7 Å². The number of likely N-dealkylation sites (tertiary alicyclic amines) is 1. The predicted molar refractivity (Wildman–Crippen MR) is 92.2 cm³/mol. The van der Waals surface area contributed by atoms with E-state index in [1.165, 1.54) is 12.1 Å². The largest absolute Gasteiger partial charge is 0.401 e. The van der Waals surface area contributed by atoms with Gasteiger partial charge in [-0.1, -0.05) is 19.1 Å². The molecule has 1 fully saturated rings. The fourth-order valence-corrected chi connectivity index (χ4v) is 4.48. The Labute approximate surface area is 140 Å². The van der Waals surface area contributed by atoms with Crippen LogP contribution in [-0.2, 0) is 11.3 Å². The van der Waals surface area contributed by atoms with Crippen molar-refractivity contribution < 1.29 is 9.18 Å². The lowest BCUT2D eigenvalue weighted by molar-refractivity contribution is -0.119. The van der Waals surface area contributed by atoms with Crippen LogP contribution in [0.5, 0.6) is 0 Å². The van der Waals surface area contributed by atoms with Gasteiger partial charge in [0.15, 0.2) is 5.78 Å². The number of halogens is 1. The van der Waals surface area contributed by atoms with E-state index >= 15 is 0 Å². The molecule has 0 amide bonds. The zero-order valence-electron chi connectivity index (χ0n) is 13.4. The van der Waals surface area contributed by atoms with Gasteiger partial charge < -0.3 is 10.6 Å². The van der Waals surface area contributed by atoms with Crippen LogP contribution in [0.4, 0.5) is 4.39 Å². The van der Waals surface area contributed by atoms with Crippen LogP contribution in [0.15, 0.2) is 47.3 Å². The lowest BCUT2D eigenvalue weighted by Crippen LogP contribution is -2.33. The third kappa shape index (κ3) is 3.02. The molecular weight excluding hydrogens is 311 g/mol. The van der Waals surface area contributed by atoms with Crippen molar-refractivity contribution in [3.8, 4) is 0 Å². The Bertz CT molecular complexity index is 681. The van der Waals surface area contributed by atoms with Crippen molar-refractivity contribution in [1.82, 2.24) is 4.90 Å². The van der Waals surface area contributed by atoms with Crippen LogP contribution in [-0.4, -0.2) is 28.2 Å². The topological polar surface area (TPSA) is 46.3 Å². The van der Waals surface area contributed by atoms with Crippen LogP contribution < -0.4 is 5.73 Å². The summed E-state index contributed by atoms with van der Waals surface area (Å²) >= 11 is 1.73. The van der Waals surface area contributed by atoms with Gasteiger partial charge in [-0.3, -0.25) is 4.79 Å². The van der Waals surface area contributed by atoms with E-state index in [1.807, 2.05) is 13.0 Å². The molecule has 0 bridgehead atoms. The molecular formula is C18H21FN2OS. The van der Waals surface area contributed by atoms with E-state index in [0.29, 0.717) is 13.1 Å². The second kappa shape index (κ2) is 6.40. The van der Waals surface area contributed by atoms with Crippen molar-refractivity contribution in [3.63, 3.8) is 0 Å². The maximum Gasteiger partial charge on any atom is 0.162 e. The van der Waals surface area contributed by atoms with Gasteiger partial charge in [0.25, 0.3) is 0 Å². The van der Waals surface area contributed by atoms with Crippen LogP contribution in [0.25, 0.3) is 0 Å². The lowest BCUT2D eigenvalue weighted by Gasteiger charge is -2.31. The van der Waals surface area contributed by atoms with Crippen LogP contribution in [0.1, 0.15) is 19.4 Å². The van der Waals surface area contributed by atoms with E-state index in [2.05, 4.69) is 11.8 Å². The first-order valence-corrected chi connectivity index (χ1v) is 8.87. The number of nitrogens with two attached hydrogens (primary N) is 1. The van der Waals surface area contributed by atoms with E-state index in [0.717, 1.165) is 28.3 Å². The molecule has 5 heteroatoms. The van der Waals surface area contributed by atoms with Gasteiger partial charge >= 0.3 is 0 Å².